The molecule has 1 fully saturated rings. The summed E-state index contributed by atoms with van der Waals surface area (Å²) in [5.74, 6) is -0.387. The zero-order valence-electron chi connectivity index (χ0n) is 20.0. The summed E-state index contributed by atoms with van der Waals surface area (Å²) in [4.78, 5) is 14.8. The molecular formula is C24H32F3N5O2. The topological polar surface area (TPSA) is 72.3 Å². The van der Waals surface area contributed by atoms with Crippen molar-refractivity contribution in [2.75, 3.05) is 6.54 Å². The molecule has 1 aliphatic carbocycles. The van der Waals surface area contributed by atoms with Crippen molar-refractivity contribution in [3.63, 3.8) is 0 Å². The SMILES string of the molecule is Cc1cccc(C(NC(=O)OC(C)(C)C)C2CCC(N3CCn4c(nnc4C(F)(F)F)C3)C2)c1. The molecule has 1 aromatic heterocycles. The molecule has 2 heterocycles. The minimum absolute atomic E-state index is 0.185. The fourth-order valence-corrected chi connectivity index (χ4v) is 5.10. The first-order valence-corrected chi connectivity index (χ1v) is 11.7. The molecule has 4 rings (SSSR count). The molecule has 3 atom stereocenters. The van der Waals surface area contributed by atoms with E-state index >= 15 is 0 Å². The second kappa shape index (κ2) is 9.20. The van der Waals surface area contributed by atoms with E-state index < -0.39 is 23.7 Å². The number of carbonyl (C=O) groups excluding carboxylic acids is 1. The maximum Gasteiger partial charge on any atom is 0.451 e. The van der Waals surface area contributed by atoms with Crippen LogP contribution in [0.5, 0.6) is 0 Å². The number of alkyl halides is 3. The van der Waals surface area contributed by atoms with Gasteiger partial charge in [0.05, 0.1) is 12.6 Å². The lowest BCUT2D eigenvalue weighted by molar-refractivity contribution is -0.148. The highest BCUT2D eigenvalue weighted by molar-refractivity contribution is 5.68. The zero-order chi connectivity index (χ0) is 24.7. The van der Waals surface area contributed by atoms with Crippen LogP contribution in [0.2, 0.25) is 0 Å². The molecule has 1 aromatic carbocycles. The second-order valence-electron chi connectivity index (χ2n) is 10.3. The summed E-state index contributed by atoms with van der Waals surface area (Å²) in [6.07, 6.45) is -2.32. The van der Waals surface area contributed by atoms with Gasteiger partial charge in [0, 0.05) is 19.1 Å². The molecule has 10 heteroatoms. The van der Waals surface area contributed by atoms with E-state index in [1.807, 2.05) is 45.9 Å². The third kappa shape index (κ3) is 5.54. The minimum atomic E-state index is -4.50. The molecule has 34 heavy (non-hydrogen) atoms. The van der Waals surface area contributed by atoms with Crippen molar-refractivity contribution in [3.8, 4) is 0 Å². The van der Waals surface area contributed by atoms with Gasteiger partial charge in [-0.1, -0.05) is 29.8 Å². The van der Waals surface area contributed by atoms with Crippen LogP contribution in [0, 0.1) is 12.8 Å². The van der Waals surface area contributed by atoms with Gasteiger partial charge in [0.25, 0.3) is 0 Å². The van der Waals surface area contributed by atoms with E-state index in [0.29, 0.717) is 18.9 Å². The normalized spacial score (nSPS) is 22.3. The Labute approximate surface area is 197 Å². The largest absolute Gasteiger partial charge is 0.451 e. The van der Waals surface area contributed by atoms with Crippen LogP contribution in [-0.2, 0) is 24.0 Å². The number of nitrogens with one attached hydrogen (secondary N) is 1. The number of carbonyl (C=O) groups is 1. The number of hydrogen-bond donors (Lipinski definition) is 1. The number of aromatic nitrogens is 3. The van der Waals surface area contributed by atoms with Crippen LogP contribution in [0.3, 0.4) is 0 Å². The molecule has 3 unspecified atom stereocenters. The maximum atomic E-state index is 13.2. The van der Waals surface area contributed by atoms with E-state index in [4.69, 9.17) is 4.74 Å². The number of benzene rings is 1. The molecule has 0 spiro atoms. The summed E-state index contributed by atoms with van der Waals surface area (Å²) in [6.45, 7) is 8.59. The molecule has 2 aliphatic rings. The Morgan fingerprint density at radius 3 is 2.62 bits per heavy atom. The predicted octanol–water partition coefficient (Wildman–Crippen LogP) is 4.86. The van der Waals surface area contributed by atoms with Gasteiger partial charge in [-0.2, -0.15) is 13.2 Å². The first-order chi connectivity index (χ1) is 15.9. The van der Waals surface area contributed by atoms with Gasteiger partial charge in [0.1, 0.15) is 11.4 Å². The van der Waals surface area contributed by atoms with Crippen molar-refractivity contribution in [3.05, 3.63) is 47.0 Å². The Hall–Kier alpha value is -2.62. The van der Waals surface area contributed by atoms with E-state index in [1.54, 1.807) is 0 Å². The van der Waals surface area contributed by atoms with E-state index in [-0.39, 0.29) is 24.5 Å². The summed E-state index contributed by atoms with van der Waals surface area (Å²) >= 11 is 0. The van der Waals surface area contributed by atoms with Gasteiger partial charge in [0.2, 0.25) is 5.82 Å². The minimum Gasteiger partial charge on any atom is -0.444 e. The Morgan fingerprint density at radius 2 is 1.94 bits per heavy atom. The standard InChI is InChI=1S/C24H32F3N5O2/c1-15-6-5-7-16(12-15)20(28-22(33)34-23(2,3)4)17-8-9-18(13-17)31-10-11-32-19(14-31)29-30-21(32)24(25,26)27/h5-7,12,17-18,20H,8-11,13-14H2,1-4H3,(H,28,33). The summed E-state index contributed by atoms with van der Waals surface area (Å²) in [5, 5.41) is 10.3. The smallest absolute Gasteiger partial charge is 0.444 e. The summed E-state index contributed by atoms with van der Waals surface area (Å²) < 4.78 is 46.2. The predicted molar refractivity (Wildman–Crippen MR) is 120 cm³/mol. The molecule has 1 amide bonds. The number of amides is 1. The average molecular weight is 480 g/mol. The highest BCUT2D eigenvalue weighted by atomic mass is 19.4. The van der Waals surface area contributed by atoms with Gasteiger partial charge >= 0.3 is 12.3 Å². The maximum absolute atomic E-state index is 13.2. The van der Waals surface area contributed by atoms with Crippen molar-refractivity contribution < 1.29 is 22.7 Å². The average Bonchev–Trinajstić information content (AvgIpc) is 3.37. The van der Waals surface area contributed by atoms with Crippen LogP contribution in [0.4, 0.5) is 18.0 Å². The van der Waals surface area contributed by atoms with Gasteiger partial charge < -0.3 is 14.6 Å². The van der Waals surface area contributed by atoms with Crippen LogP contribution < -0.4 is 5.32 Å². The van der Waals surface area contributed by atoms with Crippen LogP contribution in [0.15, 0.2) is 24.3 Å². The highest BCUT2D eigenvalue weighted by Crippen LogP contribution is 2.40. The first-order valence-electron chi connectivity index (χ1n) is 11.7. The molecule has 0 saturated heterocycles. The Morgan fingerprint density at radius 1 is 1.18 bits per heavy atom. The monoisotopic (exact) mass is 479 g/mol. The Bertz CT molecular complexity index is 1030. The van der Waals surface area contributed by atoms with E-state index in [2.05, 4.69) is 26.5 Å². The molecule has 7 nitrogen and oxygen atoms in total. The number of rotatable bonds is 4. The number of nitrogens with zero attached hydrogens (tertiary/aromatic N) is 4. The molecule has 1 aliphatic heterocycles. The number of alkyl carbamates (subject to hydrolysis) is 1. The van der Waals surface area contributed by atoms with Crippen molar-refractivity contribution in [1.29, 1.82) is 0 Å². The van der Waals surface area contributed by atoms with Gasteiger partial charge in [0.15, 0.2) is 0 Å². The lowest BCUT2D eigenvalue weighted by Gasteiger charge is -2.33. The molecule has 0 bridgehead atoms. The number of halogens is 3. The van der Waals surface area contributed by atoms with Crippen LogP contribution >= 0.6 is 0 Å². The van der Waals surface area contributed by atoms with Crippen molar-refractivity contribution in [1.82, 2.24) is 25.0 Å². The van der Waals surface area contributed by atoms with Crippen LogP contribution in [0.25, 0.3) is 0 Å². The second-order valence-corrected chi connectivity index (χ2v) is 10.3. The third-order valence-electron chi connectivity index (χ3n) is 6.54. The quantitative estimate of drug-likeness (QED) is 0.679. The van der Waals surface area contributed by atoms with Crippen molar-refractivity contribution >= 4 is 6.09 Å². The fourth-order valence-electron chi connectivity index (χ4n) is 5.10. The molecule has 0 radical (unpaired) electrons. The van der Waals surface area contributed by atoms with Crippen molar-refractivity contribution in [2.45, 2.75) is 83.9 Å². The number of ether oxygens (including phenoxy) is 1. The van der Waals surface area contributed by atoms with Gasteiger partial charge in [-0.05, 0) is 58.4 Å². The fraction of sp³-hybridized carbons (Fsp3) is 0.625. The van der Waals surface area contributed by atoms with Crippen LogP contribution in [-0.4, -0.2) is 43.9 Å². The number of fused-ring (bicyclic) bond motifs is 1. The van der Waals surface area contributed by atoms with E-state index in [9.17, 15) is 18.0 Å². The van der Waals surface area contributed by atoms with Gasteiger partial charge in [-0.25, -0.2) is 4.79 Å². The molecular weight excluding hydrogens is 447 g/mol. The van der Waals surface area contributed by atoms with Crippen molar-refractivity contribution in [2.24, 2.45) is 5.92 Å². The number of aryl methyl sites for hydroxylation is 1. The summed E-state index contributed by atoms with van der Waals surface area (Å²) in [7, 11) is 0. The highest BCUT2D eigenvalue weighted by Gasteiger charge is 2.41. The van der Waals surface area contributed by atoms with E-state index in [0.717, 1.165) is 30.4 Å². The Kier molecular flexibility index (Phi) is 6.63. The number of hydrogen-bond acceptors (Lipinski definition) is 5. The van der Waals surface area contributed by atoms with Gasteiger partial charge in [-0.15, -0.1) is 10.2 Å². The summed E-state index contributed by atoms with van der Waals surface area (Å²) in [6, 6.07) is 8.10. The Balaban J connectivity index is 1.47. The third-order valence-corrected chi connectivity index (χ3v) is 6.54. The van der Waals surface area contributed by atoms with E-state index in [1.165, 1.54) is 4.57 Å². The lowest BCUT2D eigenvalue weighted by atomic mass is 9.90. The van der Waals surface area contributed by atoms with Gasteiger partial charge in [-0.3, -0.25) is 4.90 Å². The zero-order valence-corrected chi connectivity index (χ0v) is 20.0. The molecule has 1 saturated carbocycles. The van der Waals surface area contributed by atoms with Crippen LogP contribution in [0.1, 0.15) is 68.9 Å². The summed E-state index contributed by atoms with van der Waals surface area (Å²) in [5.41, 5.74) is 1.54. The molecule has 1 N–H and O–H groups in total. The molecule has 186 valence electrons. The first kappa shape index (κ1) is 24.5. The lowest BCUT2D eigenvalue weighted by Crippen LogP contribution is -2.41. The molecule has 2 aromatic rings.